The van der Waals surface area contributed by atoms with Gasteiger partial charge in [-0.15, -0.1) is 0 Å². The van der Waals surface area contributed by atoms with Gasteiger partial charge in [0.2, 0.25) is 0 Å². The van der Waals surface area contributed by atoms with E-state index < -0.39 is 0 Å². The van der Waals surface area contributed by atoms with Crippen molar-refractivity contribution in [3.05, 3.63) is 59.8 Å². The van der Waals surface area contributed by atoms with Crippen LogP contribution in [0.5, 0.6) is 0 Å². The van der Waals surface area contributed by atoms with E-state index >= 15 is 0 Å². The van der Waals surface area contributed by atoms with E-state index in [1.54, 1.807) is 12.4 Å². The van der Waals surface area contributed by atoms with Crippen molar-refractivity contribution >= 4 is 23.7 Å². The Balaban J connectivity index is 1.55. The number of aryl methyl sites for hydroxylation is 1. The molecule has 2 heterocycles. The minimum atomic E-state index is -0.365. The highest BCUT2D eigenvalue weighted by Gasteiger charge is 2.24. The van der Waals surface area contributed by atoms with Crippen LogP contribution >= 0.6 is 11.9 Å². The third-order valence-electron chi connectivity index (χ3n) is 4.90. The molecule has 150 valence electrons. The van der Waals surface area contributed by atoms with Crippen molar-refractivity contribution < 1.29 is 9.18 Å². The molecule has 29 heavy (non-hydrogen) atoms. The van der Waals surface area contributed by atoms with Gasteiger partial charge in [0.1, 0.15) is 10.8 Å². The largest absolute Gasteiger partial charge is 0.329 e. The van der Waals surface area contributed by atoms with Crippen LogP contribution in [0, 0.1) is 5.82 Å². The number of rotatable bonds is 6. The van der Waals surface area contributed by atoms with Crippen LogP contribution in [0.25, 0.3) is 11.1 Å². The fourth-order valence-electron chi connectivity index (χ4n) is 3.62. The molecule has 2 aromatic heterocycles. The van der Waals surface area contributed by atoms with Crippen LogP contribution < -0.4 is 10.0 Å². The highest BCUT2D eigenvalue weighted by molar-refractivity contribution is 7.97. The van der Waals surface area contributed by atoms with Crippen molar-refractivity contribution in [2.24, 2.45) is 0 Å². The number of carbonyl (C=O) groups excluding carboxylic acids is 1. The predicted molar refractivity (Wildman–Crippen MR) is 112 cm³/mol. The van der Waals surface area contributed by atoms with Gasteiger partial charge in [-0.1, -0.05) is 6.92 Å². The number of aromatic nitrogens is 3. The summed E-state index contributed by atoms with van der Waals surface area (Å²) in [6, 6.07) is 6.63. The van der Waals surface area contributed by atoms with Gasteiger partial charge in [0.05, 0.1) is 5.69 Å². The van der Waals surface area contributed by atoms with E-state index in [4.69, 9.17) is 0 Å². The summed E-state index contributed by atoms with van der Waals surface area (Å²) in [4.78, 5) is 16.6. The lowest BCUT2D eigenvalue weighted by Crippen LogP contribution is -2.24. The van der Waals surface area contributed by atoms with Crippen LogP contribution in [0.2, 0.25) is 0 Å². The molecule has 0 fully saturated rings. The van der Waals surface area contributed by atoms with E-state index in [0.717, 1.165) is 48.9 Å². The Bertz CT molecular complexity index is 1020. The molecule has 2 N–H and O–H groups in total. The summed E-state index contributed by atoms with van der Waals surface area (Å²) >= 11 is 1.15. The average Bonchev–Trinajstić information content (AvgIpc) is 3.39. The summed E-state index contributed by atoms with van der Waals surface area (Å²) in [5.74, 6) is -0.217. The molecule has 2 amide bonds. The summed E-state index contributed by atoms with van der Waals surface area (Å²) in [6.07, 6.45) is 8.52. The Morgan fingerprint density at radius 2 is 2.03 bits per heavy atom. The van der Waals surface area contributed by atoms with Gasteiger partial charge in [-0.2, -0.15) is 5.10 Å². The zero-order valence-corrected chi connectivity index (χ0v) is 16.9. The molecule has 3 aromatic rings. The number of fused-ring (bicyclic) bond motifs is 1. The normalized spacial score (nSPS) is 12.6. The third-order valence-corrected chi connectivity index (χ3v) is 5.61. The number of hydrogen-bond acceptors (Lipinski definition) is 4. The first-order valence-electron chi connectivity index (χ1n) is 9.67. The molecule has 0 saturated heterocycles. The fourth-order valence-corrected chi connectivity index (χ4v) is 4.15. The smallest absolute Gasteiger partial charge is 0.306 e. The summed E-state index contributed by atoms with van der Waals surface area (Å²) in [5, 5.41) is 8.06. The van der Waals surface area contributed by atoms with Crippen LogP contribution in [0.15, 0.2) is 47.9 Å². The molecule has 0 saturated carbocycles. The van der Waals surface area contributed by atoms with Gasteiger partial charge in [0, 0.05) is 42.6 Å². The van der Waals surface area contributed by atoms with Crippen molar-refractivity contribution in [1.29, 1.82) is 0 Å². The monoisotopic (exact) mass is 411 g/mol. The van der Waals surface area contributed by atoms with Crippen LogP contribution in [-0.4, -0.2) is 20.8 Å². The number of benzene rings is 1. The van der Waals surface area contributed by atoms with Gasteiger partial charge in [0.25, 0.3) is 0 Å². The summed E-state index contributed by atoms with van der Waals surface area (Å²) in [7, 11) is 0. The maximum absolute atomic E-state index is 14.6. The molecule has 0 bridgehead atoms. The third kappa shape index (κ3) is 4.27. The van der Waals surface area contributed by atoms with Crippen molar-refractivity contribution in [3.8, 4) is 11.1 Å². The summed E-state index contributed by atoms with van der Waals surface area (Å²) in [6.45, 7) is 2.92. The Labute approximate surface area is 173 Å². The molecule has 0 spiro atoms. The molecule has 0 atom stereocenters. The van der Waals surface area contributed by atoms with Crippen molar-refractivity contribution in [1.82, 2.24) is 19.5 Å². The van der Waals surface area contributed by atoms with Crippen molar-refractivity contribution in [2.45, 2.75) is 44.2 Å². The number of nitrogens with one attached hydrogen (secondary N) is 2. The fraction of sp³-hybridized carbons (Fsp3) is 0.286. The summed E-state index contributed by atoms with van der Waals surface area (Å²) in [5.41, 5.74) is 3.72. The topological polar surface area (TPSA) is 71.8 Å². The first kappa shape index (κ1) is 19.4. The number of hydrogen-bond donors (Lipinski definition) is 2. The second-order valence-corrected chi connectivity index (χ2v) is 7.73. The first-order valence-corrected chi connectivity index (χ1v) is 10.5. The van der Waals surface area contributed by atoms with Gasteiger partial charge < -0.3 is 5.32 Å². The Kier molecular flexibility index (Phi) is 5.80. The van der Waals surface area contributed by atoms with Crippen LogP contribution in [0.3, 0.4) is 0 Å². The molecule has 1 aliphatic rings. The van der Waals surface area contributed by atoms with E-state index in [2.05, 4.69) is 27.0 Å². The lowest BCUT2D eigenvalue weighted by molar-refractivity contribution is 0.257. The second-order valence-electron chi connectivity index (χ2n) is 6.90. The minimum Gasteiger partial charge on any atom is -0.306 e. The minimum absolute atomic E-state index is 0.217. The molecule has 1 aliphatic carbocycles. The molecular formula is C21H22FN5OS. The number of halogens is 1. The molecule has 8 heteroatoms. The quantitative estimate of drug-likeness (QED) is 0.571. The van der Waals surface area contributed by atoms with Crippen LogP contribution in [0.4, 0.5) is 14.9 Å². The Morgan fingerprint density at radius 1 is 1.24 bits per heavy atom. The first-order chi connectivity index (χ1) is 14.2. The molecule has 0 unspecified atom stereocenters. The number of carbonyl (C=O) groups is 1. The second kappa shape index (κ2) is 8.65. The van der Waals surface area contributed by atoms with E-state index in [0.29, 0.717) is 28.3 Å². The maximum atomic E-state index is 14.6. The number of anilines is 1. The number of nitrogens with zero attached hydrogens (tertiary/aromatic N) is 3. The Hall–Kier alpha value is -2.87. The highest BCUT2D eigenvalue weighted by Crippen LogP contribution is 2.39. The Morgan fingerprint density at radius 3 is 2.83 bits per heavy atom. The van der Waals surface area contributed by atoms with Gasteiger partial charge in [0.15, 0.2) is 0 Å². The van der Waals surface area contributed by atoms with E-state index in [1.165, 1.54) is 6.07 Å². The van der Waals surface area contributed by atoms with E-state index in [9.17, 15) is 9.18 Å². The SMILES string of the molecule is CCCn1ccc(SNC(=O)Nc2c(-c3ccncc3)cc(F)c3c2CCC3)n1. The standard InChI is InChI=1S/C21H22FN5OS/c1-2-11-27-12-8-19(25-27)29-26-21(28)24-20-16-5-3-4-15(16)18(22)13-17(20)14-6-9-23-10-7-14/h6-10,12-13H,2-5,11H2,1H3,(H2,24,26,28). The molecule has 0 radical (unpaired) electrons. The maximum Gasteiger partial charge on any atom is 0.329 e. The van der Waals surface area contributed by atoms with Gasteiger partial charge >= 0.3 is 6.03 Å². The number of urea groups is 1. The van der Waals surface area contributed by atoms with Crippen LogP contribution in [0.1, 0.15) is 30.9 Å². The van der Waals surface area contributed by atoms with Crippen molar-refractivity contribution in [2.75, 3.05) is 5.32 Å². The lowest BCUT2D eigenvalue weighted by Gasteiger charge is -2.17. The summed E-state index contributed by atoms with van der Waals surface area (Å²) < 4.78 is 19.2. The molecule has 6 nitrogen and oxygen atoms in total. The lowest BCUT2D eigenvalue weighted by atomic mass is 9.97. The van der Waals surface area contributed by atoms with Crippen LogP contribution in [-0.2, 0) is 19.4 Å². The highest BCUT2D eigenvalue weighted by atomic mass is 32.2. The van der Waals surface area contributed by atoms with Gasteiger partial charge in [-0.3, -0.25) is 14.4 Å². The van der Waals surface area contributed by atoms with Gasteiger partial charge in [-0.25, -0.2) is 9.18 Å². The zero-order valence-electron chi connectivity index (χ0n) is 16.1. The van der Waals surface area contributed by atoms with Crippen molar-refractivity contribution in [3.63, 3.8) is 0 Å². The molecule has 4 rings (SSSR count). The predicted octanol–water partition coefficient (Wildman–Crippen LogP) is 4.81. The van der Waals surface area contributed by atoms with E-state index in [-0.39, 0.29) is 11.8 Å². The number of pyridine rings is 1. The van der Waals surface area contributed by atoms with E-state index in [1.807, 2.05) is 29.1 Å². The molecule has 1 aromatic carbocycles. The zero-order chi connectivity index (χ0) is 20.2. The van der Waals surface area contributed by atoms with Gasteiger partial charge in [-0.05, 0) is 66.6 Å². The average molecular weight is 412 g/mol. The number of amides is 2. The molecule has 0 aliphatic heterocycles. The molecular weight excluding hydrogens is 389 g/mol.